The molecule has 0 atom stereocenters. The van der Waals surface area contributed by atoms with Crippen molar-refractivity contribution in [3.63, 3.8) is 0 Å². The molecule has 0 N–H and O–H groups in total. The van der Waals surface area contributed by atoms with E-state index in [1.807, 2.05) is 71.7 Å². The van der Waals surface area contributed by atoms with Gasteiger partial charge in [0.15, 0.2) is 0 Å². The first-order valence-corrected chi connectivity index (χ1v) is 9.31. The Labute approximate surface area is 159 Å². The van der Waals surface area contributed by atoms with Crippen molar-refractivity contribution in [1.29, 1.82) is 5.26 Å². The standard InChI is InChI=1S/C23H21N3O/c24-17-19-12-13-22(21-11-5-4-10-20(19)21)25-14-6-7-15-26(25)23(27)16-18-8-2-1-3-9-18/h1-5,8-13H,6-7,14-16H2. The maximum Gasteiger partial charge on any atom is 0.245 e. The molecule has 1 amide bonds. The molecule has 4 rings (SSSR count). The van der Waals surface area contributed by atoms with Crippen molar-refractivity contribution in [3.8, 4) is 6.07 Å². The third kappa shape index (κ3) is 3.37. The first-order chi connectivity index (χ1) is 13.3. The highest BCUT2D eigenvalue weighted by Gasteiger charge is 2.26. The van der Waals surface area contributed by atoms with E-state index in [-0.39, 0.29) is 5.91 Å². The summed E-state index contributed by atoms with van der Waals surface area (Å²) in [4.78, 5) is 13.0. The second-order valence-corrected chi connectivity index (χ2v) is 6.80. The largest absolute Gasteiger partial charge is 0.282 e. The number of benzene rings is 3. The predicted molar refractivity (Wildman–Crippen MR) is 107 cm³/mol. The molecule has 0 spiro atoms. The zero-order valence-corrected chi connectivity index (χ0v) is 15.1. The molecule has 0 bridgehead atoms. The number of hydrazine groups is 1. The van der Waals surface area contributed by atoms with Gasteiger partial charge in [0.2, 0.25) is 5.91 Å². The van der Waals surface area contributed by atoms with Crippen LogP contribution >= 0.6 is 0 Å². The van der Waals surface area contributed by atoms with Gasteiger partial charge in [-0.3, -0.25) is 14.8 Å². The molecule has 3 aromatic rings. The van der Waals surface area contributed by atoms with Crippen LogP contribution in [0.15, 0.2) is 66.7 Å². The Morgan fingerprint density at radius 1 is 0.889 bits per heavy atom. The van der Waals surface area contributed by atoms with E-state index in [1.54, 1.807) is 0 Å². The maximum absolute atomic E-state index is 13.0. The Balaban J connectivity index is 1.70. The van der Waals surface area contributed by atoms with Gasteiger partial charge in [0.1, 0.15) is 0 Å². The van der Waals surface area contributed by atoms with Gasteiger partial charge in [-0.25, -0.2) is 0 Å². The molecule has 0 aromatic heterocycles. The summed E-state index contributed by atoms with van der Waals surface area (Å²) in [6.45, 7) is 1.52. The van der Waals surface area contributed by atoms with Crippen LogP contribution in [0.5, 0.6) is 0 Å². The van der Waals surface area contributed by atoms with Gasteiger partial charge in [0, 0.05) is 23.9 Å². The smallest absolute Gasteiger partial charge is 0.245 e. The van der Waals surface area contributed by atoms with Crippen LogP contribution in [-0.2, 0) is 11.2 Å². The molecule has 1 fully saturated rings. The number of anilines is 1. The van der Waals surface area contributed by atoms with Crippen molar-refractivity contribution in [2.75, 3.05) is 18.1 Å². The average Bonchev–Trinajstić information content (AvgIpc) is 2.73. The fraction of sp³-hybridized carbons (Fsp3) is 0.217. The minimum atomic E-state index is 0.106. The number of fused-ring (bicyclic) bond motifs is 1. The SMILES string of the molecule is N#Cc1ccc(N2CCCCN2C(=O)Cc2ccccc2)c2ccccc12. The van der Waals surface area contributed by atoms with Crippen LogP contribution in [0.4, 0.5) is 5.69 Å². The molecule has 134 valence electrons. The topological polar surface area (TPSA) is 47.3 Å². The zero-order valence-electron chi connectivity index (χ0n) is 15.1. The Hall–Kier alpha value is -3.32. The van der Waals surface area contributed by atoms with Gasteiger partial charge in [-0.2, -0.15) is 5.26 Å². The first-order valence-electron chi connectivity index (χ1n) is 9.31. The molecule has 3 aromatic carbocycles. The van der Waals surface area contributed by atoms with Crippen LogP contribution in [0.3, 0.4) is 0 Å². The Morgan fingerprint density at radius 3 is 2.37 bits per heavy atom. The van der Waals surface area contributed by atoms with Gasteiger partial charge < -0.3 is 0 Å². The van der Waals surface area contributed by atoms with Crippen molar-refractivity contribution >= 4 is 22.4 Å². The molecule has 1 aliphatic rings. The van der Waals surface area contributed by atoms with Gasteiger partial charge in [-0.05, 0) is 30.5 Å². The summed E-state index contributed by atoms with van der Waals surface area (Å²) < 4.78 is 0. The van der Waals surface area contributed by atoms with Gasteiger partial charge in [-0.1, -0.05) is 54.6 Å². The van der Waals surface area contributed by atoms with Crippen LogP contribution in [-0.4, -0.2) is 24.0 Å². The predicted octanol–water partition coefficient (Wildman–Crippen LogP) is 4.30. The second kappa shape index (κ2) is 7.51. The molecule has 1 heterocycles. The van der Waals surface area contributed by atoms with Gasteiger partial charge in [-0.15, -0.1) is 0 Å². The molecule has 0 saturated carbocycles. The summed E-state index contributed by atoms with van der Waals surface area (Å²) >= 11 is 0. The second-order valence-electron chi connectivity index (χ2n) is 6.80. The fourth-order valence-electron chi connectivity index (χ4n) is 3.74. The summed E-state index contributed by atoms with van der Waals surface area (Å²) in [6, 6.07) is 23.9. The normalized spacial score (nSPS) is 14.2. The lowest BCUT2D eigenvalue weighted by molar-refractivity contribution is -0.131. The van der Waals surface area contributed by atoms with Gasteiger partial charge in [0.25, 0.3) is 0 Å². The van der Waals surface area contributed by atoms with Crippen molar-refractivity contribution in [3.05, 3.63) is 77.9 Å². The molecule has 0 unspecified atom stereocenters. The van der Waals surface area contributed by atoms with E-state index >= 15 is 0 Å². The van der Waals surface area contributed by atoms with Gasteiger partial charge >= 0.3 is 0 Å². The van der Waals surface area contributed by atoms with E-state index < -0.39 is 0 Å². The average molecular weight is 355 g/mol. The number of nitriles is 1. The van der Waals surface area contributed by atoms with E-state index in [2.05, 4.69) is 11.1 Å². The maximum atomic E-state index is 13.0. The monoisotopic (exact) mass is 355 g/mol. The molecule has 0 radical (unpaired) electrons. The highest BCUT2D eigenvalue weighted by Crippen LogP contribution is 2.32. The third-order valence-electron chi connectivity index (χ3n) is 5.07. The van der Waals surface area contributed by atoms with E-state index in [4.69, 9.17) is 0 Å². The number of rotatable bonds is 3. The molecule has 4 nitrogen and oxygen atoms in total. The molecule has 1 aliphatic heterocycles. The summed E-state index contributed by atoms with van der Waals surface area (Å²) in [5.41, 5.74) is 2.68. The molecule has 1 saturated heterocycles. The number of nitrogens with zero attached hydrogens (tertiary/aromatic N) is 3. The number of hydrogen-bond donors (Lipinski definition) is 0. The van der Waals surface area contributed by atoms with E-state index in [0.29, 0.717) is 12.0 Å². The van der Waals surface area contributed by atoms with Crippen molar-refractivity contribution in [2.24, 2.45) is 0 Å². The third-order valence-corrected chi connectivity index (χ3v) is 5.07. The van der Waals surface area contributed by atoms with Gasteiger partial charge in [0.05, 0.1) is 23.7 Å². The summed E-state index contributed by atoms with van der Waals surface area (Å²) in [5.74, 6) is 0.106. The fourth-order valence-corrected chi connectivity index (χ4v) is 3.74. The van der Waals surface area contributed by atoms with E-state index in [9.17, 15) is 10.1 Å². The summed E-state index contributed by atoms with van der Waals surface area (Å²) in [7, 11) is 0. The highest BCUT2D eigenvalue weighted by molar-refractivity contribution is 5.98. The van der Waals surface area contributed by atoms with Crippen LogP contribution < -0.4 is 5.01 Å². The van der Waals surface area contributed by atoms with Crippen molar-refractivity contribution in [2.45, 2.75) is 19.3 Å². The molecular weight excluding hydrogens is 334 g/mol. The summed E-state index contributed by atoms with van der Waals surface area (Å²) in [5, 5.41) is 15.3. The van der Waals surface area contributed by atoms with Crippen LogP contribution in [0.2, 0.25) is 0 Å². The minimum Gasteiger partial charge on any atom is -0.282 e. The molecule has 4 heteroatoms. The lowest BCUT2D eigenvalue weighted by Gasteiger charge is -2.41. The Morgan fingerprint density at radius 2 is 1.59 bits per heavy atom. The molecule has 0 aliphatic carbocycles. The number of amides is 1. The number of hydrogen-bond acceptors (Lipinski definition) is 3. The van der Waals surface area contributed by atoms with Crippen molar-refractivity contribution in [1.82, 2.24) is 5.01 Å². The quantitative estimate of drug-likeness (QED) is 0.704. The number of carbonyl (C=O) groups excluding carboxylic acids is 1. The first kappa shape index (κ1) is 17.1. The molecular formula is C23H21N3O. The molecule has 27 heavy (non-hydrogen) atoms. The highest BCUT2D eigenvalue weighted by atomic mass is 16.2. The van der Waals surface area contributed by atoms with Crippen molar-refractivity contribution < 1.29 is 4.79 Å². The van der Waals surface area contributed by atoms with Crippen LogP contribution in [0.25, 0.3) is 10.8 Å². The zero-order chi connectivity index (χ0) is 18.6. The lowest BCUT2D eigenvalue weighted by Crippen LogP contribution is -2.51. The van der Waals surface area contributed by atoms with Crippen LogP contribution in [0.1, 0.15) is 24.0 Å². The van der Waals surface area contributed by atoms with Crippen LogP contribution in [0, 0.1) is 11.3 Å². The minimum absolute atomic E-state index is 0.106. The summed E-state index contributed by atoms with van der Waals surface area (Å²) in [6.07, 6.45) is 2.44. The Bertz CT molecular complexity index is 1010. The number of carbonyl (C=O) groups is 1. The lowest BCUT2D eigenvalue weighted by atomic mass is 10.0. The Kier molecular flexibility index (Phi) is 4.76. The van der Waals surface area contributed by atoms with E-state index in [0.717, 1.165) is 48.0 Å². The van der Waals surface area contributed by atoms with E-state index in [1.165, 1.54) is 0 Å².